The molecule has 1 aliphatic rings. The number of hydrogen-bond acceptors (Lipinski definition) is 7. The van der Waals surface area contributed by atoms with Gasteiger partial charge in [0.25, 0.3) is 0 Å². The first-order valence-electron chi connectivity index (χ1n) is 7.89. The lowest BCUT2D eigenvalue weighted by Gasteiger charge is -2.35. The maximum atomic E-state index is 8.93. The minimum atomic E-state index is 0.243. The van der Waals surface area contributed by atoms with Crippen molar-refractivity contribution in [3.05, 3.63) is 30.7 Å². The van der Waals surface area contributed by atoms with Crippen LogP contribution >= 0.6 is 0 Å². The van der Waals surface area contributed by atoms with Gasteiger partial charge in [-0.25, -0.2) is 9.97 Å². The van der Waals surface area contributed by atoms with Gasteiger partial charge in [-0.1, -0.05) is 0 Å². The largest absolute Gasteiger partial charge is 0.396 e. The van der Waals surface area contributed by atoms with Gasteiger partial charge in [0, 0.05) is 57.3 Å². The van der Waals surface area contributed by atoms with E-state index in [1.165, 1.54) is 0 Å². The van der Waals surface area contributed by atoms with Gasteiger partial charge in [0.15, 0.2) is 11.6 Å². The number of nitrogens with zero attached hydrogens (tertiary/aromatic N) is 5. The SMILES string of the molecule is Nc1ncc(-c2ccncc2)nc1N1CCN(CCCO)CC1. The Morgan fingerprint density at radius 3 is 2.57 bits per heavy atom. The van der Waals surface area contributed by atoms with Gasteiger partial charge in [-0.05, 0) is 18.6 Å². The van der Waals surface area contributed by atoms with Gasteiger partial charge in [0.05, 0.1) is 11.9 Å². The topological polar surface area (TPSA) is 91.4 Å². The van der Waals surface area contributed by atoms with E-state index in [0.29, 0.717) is 5.82 Å². The predicted molar refractivity (Wildman–Crippen MR) is 90.0 cm³/mol. The summed E-state index contributed by atoms with van der Waals surface area (Å²) in [6, 6.07) is 3.83. The van der Waals surface area contributed by atoms with E-state index in [2.05, 4.69) is 19.8 Å². The number of hydrogen-bond donors (Lipinski definition) is 2. The van der Waals surface area contributed by atoms with Crippen LogP contribution in [0, 0.1) is 0 Å². The Labute approximate surface area is 135 Å². The molecule has 0 spiro atoms. The average molecular weight is 314 g/mol. The fraction of sp³-hybridized carbons (Fsp3) is 0.438. The van der Waals surface area contributed by atoms with E-state index in [1.54, 1.807) is 18.6 Å². The van der Waals surface area contributed by atoms with Crippen molar-refractivity contribution in [2.75, 3.05) is 50.0 Å². The van der Waals surface area contributed by atoms with Crippen molar-refractivity contribution in [1.29, 1.82) is 0 Å². The molecule has 0 saturated carbocycles. The highest BCUT2D eigenvalue weighted by Crippen LogP contribution is 2.24. The Hall–Kier alpha value is -2.25. The third-order valence-corrected chi connectivity index (χ3v) is 4.06. The molecule has 0 atom stereocenters. The molecule has 0 aromatic carbocycles. The molecule has 0 radical (unpaired) electrons. The molecular weight excluding hydrogens is 292 g/mol. The molecule has 7 heteroatoms. The molecule has 7 nitrogen and oxygen atoms in total. The zero-order chi connectivity index (χ0) is 16.1. The van der Waals surface area contributed by atoms with Gasteiger partial charge >= 0.3 is 0 Å². The first-order chi connectivity index (χ1) is 11.3. The quantitative estimate of drug-likeness (QED) is 0.836. The number of nitrogens with two attached hydrogens (primary N) is 1. The van der Waals surface area contributed by atoms with E-state index in [4.69, 9.17) is 15.8 Å². The van der Waals surface area contributed by atoms with Crippen LogP contribution in [0.5, 0.6) is 0 Å². The van der Waals surface area contributed by atoms with Crippen molar-refractivity contribution in [3.63, 3.8) is 0 Å². The molecule has 122 valence electrons. The van der Waals surface area contributed by atoms with Crippen molar-refractivity contribution in [2.45, 2.75) is 6.42 Å². The standard InChI is InChI=1S/C16H22N6O/c17-15-16(22-9-7-21(8-10-22)6-1-11-23)20-14(12-19-15)13-2-4-18-5-3-13/h2-5,12,23H,1,6-11H2,(H2,17,19). The number of aliphatic hydroxyl groups excluding tert-OH is 1. The van der Waals surface area contributed by atoms with Crippen LogP contribution in [0.15, 0.2) is 30.7 Å². The summed E-state index contributed by atoms with van der Waals surface area (Å²) in [4.78, 5) is 17.6. The minimum absolute atomic E-state index is 0.243. The van der Waals surface area contributed by atoms with Crippen LogP contribution in [0.2, 0.25) is 0 Å². The second kappa shape index (κ2) is 7.34. The summed E-state index contributed by atoms with van der Waals surface area (Å²) in [5.41, 5.74) is 7.83. The second-order valence-corrected chi connectivity index (χ2v) is 5.61. The lowest BCUT2D eigenvalue weighted by molar-refractivity contribution is 0.215. The molecule has 2 aromatic heterocycles. The van der Waals surface area contributed by atoms with Crippen molar-refractivity contribution in [2.24, 2.45) is 0 Å². The Kier molecular flexibility index (Phi) is 4.99. The summed E-state index contributed by atoms with van der Waals surface area (Å²) in [6.45, 7) is 4.80. The normalized spacial score (nSPS) is 15.8. The molecule has 1 aliphatic heterocycles. The third kappa shape index (κ3) is 3.75. The smallest absolute Gasteiger partial charge is 0.172 e. The van der Waals surface area contributed by atoms with Gasteiger partial charge in [-0.15, -0.1) is 0 Å². The highest BCUT2D eigenvalue weighted by molar-refractivity contribution is 5.65. The average Bonchev–Trinajstić information content (AvgIpc) is 2.62. The van der Waals surface area contributed by atoms with Gasteiger partial charge in [-0.3, -0.25) is 9.88 Å². The monoisotopic (exact) mass is 314 g/mol. The second-order valence-electron chi connectivity index (χ2n) is 5.61. The fourth-order valence-electron chi connectivity index (χ4n) is 2.76. The number of piperazine rings is 1. The maximum Gasteiger partial charge on any atom is 0.172 e. The molecular formula is C16H22N6O. The number of rotatable bonds is 5. The molecule has 0 bridgehead atoms. The molecule has 3 N–H and O–H groups in total. The molecule has 1 saturated heterocycles. The molecule has 2 aromatic rings. The van der Waals surface area contributed by atoms with E-state index in [9.17, 15) is 0 Å². The highest BCUT2D eigenvalue weighted by Gasteiger charge is 2.20. The Balaban J connectivity index is 1.73. The summed E-state index contributed by atoms with van der Waals surface area (Å²) in [5.74, 6) is 1.22. The van der Waals surface area contributed by atoms with E-state index in [-0.39, 0.29) is 6.61 Å². The van der Waals surface area contributed by atoms with Crippen LogP contribution in [0.4, 0.5) is 11.6 Å². The molecule has 0 unspecified atom stereocenters. The third-order valence-electron chi connectivity index (χ3n) is 4.06. The van der Waals surface area contributed by atoms with Crippen LogP contribution in [0.3, 0.4) is 0 Å². The Morgan fingerprint density at radius 2 is 1.87 bits per heavy atom. The molecule has 3 heterocycles. The predicted octanol–water partition coefficient (Wildman–Crippen LogP) is 0.625. The Bertz CT molecular complexity index is 628. The number of aliphatic hydroxyl groups is 1. The van der Waals surface area contributed by atoms with Gasteiger partial charge < -0.3 is 15.7 Å². The first kappa shape index (κ1) is 15.6. The van der Waals surface area contributed by atoms with Gasteiger partial charge in [-0.2, -0.15) is 0 Å². The van der Waals surface area contributed by atoms with Crippen molar-refractivity contribution in [1.82, 2.24) is 19.9 Å². The molecule has 3 rings (SSSR count). The maximum absolute atomic E-state index is 8.93. The van der Waals surface area contributed by atoms with Crippen LogP contribution < -0.4 is 10.6 Å². The lowest BCUT2D eigenvalue weighted by Crippen LogP contribution is -2.47. The summed E-state index contributed by atoms with van der Waals surface area (Å²) in [7, 11) is 0. The molecule has 0 aliphatic carbocycles. The first-order valence-corrected chi connectivity index (χ1v) is 7.89. The fourth-order valence-corrected chi connectivity index (χ4v) is 2.76. The zero-order valence-corrected chi connectivity index (χ0v) is 13.1. The Morgan fingerprint density at radius 1 is 1.13 bits per heavy atom. The molecule has 1 fully saturated rings. The van der Waals surface area contributed by atoms with Gasteiger partial charge in [0.2, 0.25) is 0 Å². The van der Waals surface area contributed by atoms with Crippen LogP contribution in [-0.4, -0.2) is 64.3 Å². The molecule has 0 amide bonds. The summed E-state index contributed by atoms with van der Waals surface area (Å²) in [6.07, 6.45) is 6.01. The minimum Gasteiger partial charge on any atom is -0.396 e. The van der Waals surface area contributed by atoms with E-state index in [1.807, 2.05) is 12.1 Å². The van der Waals surface area contributed by atoms with E-state index >= 15 is 0 Å². The summed E-state index contributed by atoms with van der Waals surface area (Å²) < 4.78 is 0. The van der Waals surface area contributed by atoms with E-state index in [0.717, 1.165) is 56.2 Å². The number of pyridine rings is 1. The summed E-state index contributed by atoms with van der Waals surface area (Å²) >= 11 is 0. The summed E-state index contributed by atoms with van der Waals surface area (Å²) in [5, 5.41) is 8.93. The van der Waals surface area contributed by atoms with Crippen molar-refractivity contribution in [3.8, 4) is 11.3 Å². The highest BCUT2D eigenvalue weighted by atomic mass is 16.3. The van der Waals surface area contributed by atoms with Crippen molar-refractivity contribution < 1.29 is 5.11 Å². The lowest BCUT2D eigenvalue weighted by atomic mass is 10.2. The van der Waals surface area contributed by atoms with Gasteiger partial charge in [0.1, 0.15) is 0 Å². The number of nitrogen functional groups attached to an aromatic ring is 1. The van der Waals surface area contributed by atoms with Crippen LogP contribution in [0.1, 0.15) is 6.42 Å². The zero-order valence-electron chi connectivity index (χ0n) is 13.1. The number of aromatic nitrogens is 3. The van der Waals surface area contributed by atoms with E-state index < -0.39 is 0 Å². The van der Waals surface area contributed by atoms with Crippen molar-refractivity contribution >= 4 is 11.6 Å². The number of anilines is 2. The van der Waals surface area contributed by atoms with Crippen LogP contribution in [0.25, 0.3) is 11.3 Å². The van der Waals surface area contributed by atoms with Crippen LogP contribution in [-0.2, 0) is 0 Å². The molecule has 23 heavy (non-hydrogen) atoms.